The van der Waals surface area contributed by atoms with Gasteiger partial charge in [0, 0.05) is 0 Å². The molecule has 0 amide bonds. The van der Waals surface area contributed by atoms with Crippen molar-refractivity contribution < 1.29 is 14.7 Å². The molecule has 0 saturated carbocycles. The van der Waals surface area contributed by atoms with Crippen molar-refractivity contribution in [3.8, 4) is 0 Å². The van der Waals surface area contributed by atoms with Crippen molar-refractivity contribution in [1.82, 2.24) is 0 Å². The Labute approximate surface area is 310 Å². The van der Waals surface area contributed by atoms with Crippen LogP contribution in [-0.4, -0.2) is 14.7 Å². The highest BCUT2D eigenvalue weighted by molar-refractivity contribution is 7.38. The van der Waals surface area contributed by atoms with E-state index in [-0.39, 0.29) is 32.5 Å². The van der Waals surface area contributed by atoms with E-state index in [1.165, 1.54) is 49.3 Å². The minimum absolute atomic E-state index is 0.221. The number of hydrogen-bond acceptors (Lipinski definition) is 3. The van der Waals surface area contributed by atoms with Crippen LogP contribution in [0.25, 0.3) is 0 Å². The number of rotatable bonds is 0. The van der Waals surface area contributed by atoms with E-state index in [1.54, 1.807) is 0 Å². The van der Waals surface area contributed by atoms with Gasteiger partial charge in [0.1, 0.15) is 0 Å². The fourth-order valence-electron chi connectivity index (χ4n) is 5.02. The molecule has 0 aliphatic carbocycles. The van der Waals surface area contributed by atoms with Crippen LogP contribution >= 0.6 is 36.3 Å². The van der Waals surface area contributed by atoms with Crippen LogP contribution in [0, 0.1) is 0 Å². The third kappa shape index (κ3) is 17.6. The summed E-state index contributed by atoms with van der Waals surface area (Å²) in [5.41, 5.74) is 9.90. The molecule has 3 nitrogen and oxygen atoms in total. The van der Waals surface area contributed by atoms with Crippen LogP contribution in [0.3, 0.4) is 0 Å². The molecule has 0 fully saturated rings. The van der Waals surface area contributed by atoms with Gasteiger partial charge in [-0.25, -0.2) is 0 Å². The van der Waals surface area contributed by atoms with Crippen molar-refractivity contribution in [2.45, 2.75) is 157 Å². The first-order valence-corrected chi connectivity index (χ1v) is 20.1. The molecule has 0 heterocycles. The Morgan fingerprint density at radius 2 is 0.510 bits per heavy atom. The summed E-state index contributed by atoms with van der Waals surface area (Å²) in [5.74, 6) is 0. The minimum atomic E-state index is -2.62. The summed E-state index contributed by atoms with van der Waals surface area (Å²) < 4.78 is 0. The summed E-state index contributed by atoms with van der Waals surface area (Å²) >= 11 is 0. The molecule has 7 heteroatoms. The molecule has 3 atom stereocenters. The van der Waals surface area contributed by atoms with Crippen LogP contribution in [0.5, 0.6) is 0 Å². The maximum Gasteiger partial charge on any atom is 0.324 e. The van der Waals surface area contributed by atoms with Gasteiger partial charge in [0.15, 0.2) is 0 Å². The summed E-state index contributed by atoms with van der Waals surface area (Å²) in [6.45, 7) is 40.7. The van der Waals surface area contributed by atoms with Gasteiger partial charge in [0.05, 0.1) is 0 Å². The monoisotopic (exact) mass is 748 g/mol. The fourth-order valence-corrected chi connectivity index (χ4v) is 6.85. The normalized spacial score (nSPS) is 12.7. The predicted octanol–water partition coefficient (Wildman–Crippen LogP) is 10.5. The molecule has 3 rings (SSSR count). The largest absolute Gasteiger partial charge is 0.328 e. The van der Waals surface area contributed by atoms with E-state index in [0.717, 1.165) is 0 Å². The lowest BCUT2D eigenvalue weighted by Gasteiger charge is -2.26. The van der Waals surface area contributed by atoms with E-state index >= 15 is 0 Å². The average Bonchev–Trinajstić information content (AvgIpc) is 2.86. The van der Waals surface area contributed by atoms with Crippen molar-refractivity contribution in [2.75, 3.05) is 0 Å². The van der Waals surface area contributed by atoms with Crippen molar-refractivity contribution in [3.05, 3.63) is 88.0 Å². The zero-order valence-corrected chi connectivity index (χ0v) is 38.6. The highest BCUT2D eigenvalue weighted by atomic mass is 31.2. The second-order valence-corrected chi connectivity index (χ2v) is 21.6. The maximum absolute atomic E-state index is 7.23. The van der Waals surface area contributed by atoms with Gasteiger partial charge in [-0.1, -0.05) is 179 Å². The van der Waals surface area contributed by atoms with E-state index in [4.69, 9.17) is 14.7 Å². The standard InChI is InChI=1S/3C14H23P.H3O3P/c3*1-13(2,3)10-7-8-12(15)11(9-10)14(4,5)6;1-4(2)3/h3*7-9H,15H2,1-6H3;1-3H. The van der Waals surface area contributed by atoms with Crippen LogP contribution < -0.4 is 15.9 Å². The van der Waals surface area contributed by atoms with Gasteiger partial charge in [-0.15, -0.1) is 27.7 Å². The zero-order valence-electron chi connectivity index (χ0n) is 34.2. The Bertz CT molecular complexity index is 1290. The summed E-state index contributed by atoms with van der Waals surface area (Å²) in [4.78, 5) is 21.7. The van der Waals surface area contributed by atoms with Crippen molar-refractivity contribution in [2.24, 2.45) is 0 Å². The molecule has 0 aromatic heterocycles. The molecule has 0 spiro atoms. The first kappa shape index (κ1) is 48.3. The fraction of sp³-hybridized carbons (Fsp3) is 0.571. The Balaban J connectivity index is 0.000000667. The summed E-state index contributed by atoms with van der Waals surface area (Å²) in [5, 5.41) is 3.95. The highest BCUT2D eigenvalue weighted by Crippen LogP contribution is 2.31. The zero-order chi connectivity index (χ0) is 39.1. The molecule has 0 bridgehead atoms. The van der Waals surface area contributed by atoms with Gasteiger partial charge in [-0.05, 0) is 81.8 Å². The van der Waals surface area contributed by atoms with E-state index < -0.39 is 8.60 Å². The van der Waals surface area contributed by atoms with Gasteiger partial charge in [0.25, 0.3) is 0 Å². The molecule has 3 unspecified atom stereocenters. The molecule has 278 valence electrons. The molecule has 3 aromatic carbocycles. The van der Waals surface area contributed by atoms with Gasteiger partial charge >= 0.3 is 8.60 Å². The molecule has 0 aliphatic heterocycles. The number of benzene rings is 3. The lowest BCUT2D eigenvalue weighted by atomic mass is 9.81. The first-order valence-electron chi connectivity index (χ1n) is 17.2. The SMILES string of the molecule is CC(C)(C)c1ccc(P)c(C(C)(C)C)c1.CC(C)(C)c1ccc(P)c(C(C)(C)C)c1.CC(C)(C)c1ccc(P)c(C(C)(C)C)c1.OP(O)O. The van der Waals surface area contributed by atoms with Crippen LogP contribution in [0.4, 0.5) is 0 Å². The molecule has 3 aromatic rings. The van der Waals surface area contributed by atoms with E-state index in [1.807, 2.05) is 0 Å². The van der Waals surface area contributed by atoms with Crippen LogP contribution in [0.1, 0.15) is 158 Å². The molecule has 49 heavy (non-hydrogen) atoms. The Morgan fingerprint density at radius 1 is 0.347 bits per heavy atom. The molecular weight excluding hydrogens is 676 g/mol. The van der Waals surface area contributed by atoms with E-state index in [9.17, 15) is 0 Å². The van der Waals surface area contributed by atoms with E-state index in [2.05, 4.69) is 207 Å². The van der Waals surface area contributed by atoms with Crippen molar-refractivity contribution in [3.63, 3.8) is 0 Å². The second kappa shape index (κ2) is 18.3. The Kier molecular flexibility index (Phi) is 18.1. The Hall–Kier alpha value is -0.740. The highest BCUT2D eigenvalue weighted by Gasteiger charge is 2.23. The maximum atomic E-state index is 7.23. The molecule has 0 aliphatic rings. The lowest BCUT2D eigenvalue weighted by Crippen LogP contribution is -2.21. The van der Waals surface area contributed by atoms with Gasteiger partial charge in [-0.3, -0.25) is 0 Å². The predicted molar refractivity (Wildman–Crippen MR) is 233 cm³/mol. The third-order valence-electron chi connectivity index (χ3n) is 8.18. The lowest BCUT2D eigenvalue weighted by molar-refractivity contribution is 0.368. The molecule has 0 saturated heterocycles. The third-order valence-corrected chi connectivity index (χ3v) is 9.69. The topological polar surface area (TPSA) is 60.7 Å². The Morgan fingerprint density at radius 3 is 0.633 bits per heavy atom. The molecule has 0 radical (unpaired) electrons. The van der Waals surface area contributed by atoms with Crippen LogP contribution in [0.15, 0.2) is 54.6 Å². The van der Waals surface area contributed by atoms with Crippen LogP contribution in [0.2, 0.25) is 0 Å². The molecule has 3 N–H and O–H groups in total. The summed E-state index contributed by atoms with van der Waals surface area (Å²) in [6.07, 6.45) is 0. The average molecular weight is 749 g/mol. The van der Waals surface area contributed by atoms with Gasteiger partial charge in [-0.2, -0.15) is 0 Å². The van der Waals surface area contributed by atoms with Gasteiger partial charge in [0.2, 0.25) is 0 Å². The minimum Gasteiger partial charge on any atom is -0.328 e. The first-order chi connectivity index (χ1) is 21.6. The quantitative estimate of drug-likeness (QED) is 0.201. The number of hydrogen-bond donors (Lipinski definition) is 3. The van der Waals surface area contributed by atoms with Gasteiger partial charge < -0.3 is 14.7 Å². The van der Waals surface area contributed by atoms with Crippen molar-refractivity contribution >= 4 is 52.2 Å². The van der Waals surface area contributed by atoms with Crippen molar-refractivity contribution in [1.29, 1.82) is 0 Å². The summed E-state index contributed by atoms with van der Waals surface area (Å²) in [6, 6.07) is 20.4. The van der Waals surface area contributed by atoms with E-state index in [0.29, 0.717) is 0 Å². The second-order valence-electron chi connectivity index (χ2n) is 19.2. The smallest absolute Gasteiger partial charge is 0.324 e. The molecular formula is C42H72O3P4. The summed E-state index contributed by atoms with van der Waals surface area (Å²) in [7, 11) is 5.89. The van der Waals surface area contributed by atoms with Crippen LogP contribution in [-0.2, 0) is 32.5 Å².